The van der Waals surface area contributed by atoms with Gasteiger partial charge < -0.3 is 20.8 Å². The van der Waals surface area contributed by atoms with E-state index in [1.807, 2.05) is 13.8 Å². The van der Waals surface area contributed by atoms with E-state index in [0.717, 1.165) is 6.42 Å². The highest BCUT2D eigenvalue weighted by Gasteiger charge is 2.27. The number of rotatable bonds is 5. The number of amides is 2. The lowest BCUT2D eigenvalue weighted by molar-refractivity contribution is -0.146. The van der Waals surface area contributed by atoms with Crippen molar-refractivity contribution in [2.45, 2.75) is 52.7 Å². The molecule has 0 saturated carbocycles. The van der Waals surface area contributed by atoms with Gasteiger partial charge >= 0.3 is 12.0 Å². The lowest BCUT2D eigenvalue weighted by atomic mass is 9.82. The molecule has 0 spiro atoms. The highest BCUT2D eigenvalue weighted by Crippen LogP contribution is 2.26. The second-order valence-electron chi connectivity index (χ2n) is 6.31. The number of carboxylic acid groups (broad SMARTS) is 1. The molecular weight excluding hydrogens is 236 g/mol. The van der Waals surface area contributed by atoms with Crippen molar-refractivity contribution in [3.8, 4) is 0 Å². The van der Waals surface area contributed by atoms with Crippen molar-refractivity contribution in [3.05, 3.63) is 0 Å². The molecule has 0 saturated heterocycles. The monoisotopic (exact) mass is 260 g/mol. The van der Waals surface area contributed by atoms with Crippen molar-refractivity contribution in [1.82, 2.24) is 10.6 Å². The molecule has 0 aromatic rings. The van der Waals surface area contributed by atoms with Gasteiger partial charge in [-0.2, -0.15) is 0 Å². The number of aliphatic hydroxyl groups excluding tert-OH is 1. The Bertz CT molecular complexity index is 308. The van der Waals surface area contributed by atoms with Crippen LogP contribution in [-0.4, -0.2) is 40.4 Å². The van der Waals surface area contributed by atoms with E-state index in [9.17, 15) is 9.59 Å². The van der Waals surface area contributed by atoms with Crippen LogP contribution in [0.1, 0.15) is 41.0 Å². The number of carbonyl (C=O) groups is 2. The normalized spacial score (nSPS) is 13.9. The first-order valence-electron chi connectivity index (χ1n) is 5.90. The fourth-order valence-corrected chi connectivity index (χ4v) is 2.00. The maximum absolute atomic E-state index is 11.5. The zero-order chi connectivity index (χ0) is 14.6. The molecule has 18 heavy (non-hydrogen) atoms. The summed E-state index contributed by atoms with van der Waals surface area (Å²) in [5, 5.41) is 22.6. The van der Waals surface area contributed by atoms with E-state index >= 15 is 0 Å². The van der Waals surface area contributed by atoms with Crippen LogP contribution in [0.25, 0.3) is 0 Å². The Balaban J connectivity index is 4.19. The predicted molar refractivity (Wildman–Crippen MR) is 68.3 cm³/mol. The van der Waals surface area contributed by atoms with Gasteiger partial charge in [0, 0.05) is 5.54 Å². The van der Waals surface area contributed by atoms with E-state index in [0.29, 0.717) is 0 Å². The van der Waals surface area contributed by atoms with Gasteiger partial charge in [0.05, 0.1) is 6.54 Å². The van der Waals surface area contributed by atoms with Crippen LogP contribution in [0.5, 0.6) is 0 Å². The third-order valence-electron chi connectivity index (χ3n) is 2.17. The Morgan fingerprint density at radius 2 is 1.67 bits per heavy atom. The summed E-state index contributed by atoms with van der Waals surface area (Å²) in [6.07, 6.45) is -0.809. The molecule has 6 nitrogen and oxygen atoms in total. The Hall–Kier alpha value is -1.30. The minimum Gasteiger partial charge on any atom is -0.479 e. The molecule has 6 heteroatoms. The van der Waals surface area contributed by atoms with Crippen LogP contribution in [0.2, 0.25) is 0 Å². The Kier molecular flexibility index (Phi) is 5.60. The first kappa shape index (κ1) is 16.7. The molecule has 0 aliphatic rings. The van der Waals surface area contributed by atoms with Gasteiger partial charge in [0.1, 0.15) is 0 Å². The average molecular weight is 260 g/mol. The van der Waals surface area contributed by atoms with Gasteiger partial charge in [0.15, 0.2) is 6.10 Å². The summed E-state index contributed by atoms with van der Waals surface area (Å²) in [6.45, 7) is 9.69. The van der Waals surface area contributed by atoms with E-state index < -0.39 is 23.6 Å². The number of hydrogen-bond donors (Lipinski definition) is 4. The minimum atomic E-state index is -1.58. The molecule has 1 atom stereocenters. The van der Waals surface area contributed by atoms with E-state index in [-0.39, 0.29) is 12.0 Å². The molecule has 0 aromatic carbocycles. The van der Waals surface area contributed by atoms with Crippen molar-refractivity contribution >= 4 is 12.0 Å². The Labute approximate surface area is 108 Å². The first-order valence-corrected chi connectivity index (χ1v) is 5.90. The summed E-state index contributed by atoms with van der Waals surface area (Å²) in [6, 6.07) is -0.482. The summed E-state index contributed by atoms with van der Waals surface area (Å²) in [4.78, 5) is 21.9. The predicted octanol–water partition coefficient (Wildman–Crippen LogP) is 0.946. The molecule has 106 valence electrons. The highest BCUT2D eigenvalue weighted by atomic mass is 16.4. The molecule has 0 unspecified atom stereocenters. The van der Waals surface area contributed by atoms with Gasteiger partial charge in [-0.3, -0.25) is 0 Å². The van der Waals surface area contributed by atoms with Crippen LogP contribution >= 0.6 is 0 Å². The first-order chi connectivity index (χ1) is 7.93. The standard InChI is InChI=1S/C12H24N2O4/c1-11(2,3)7-12(4,5)14-10(18)13-6-8(15)9(16)17/h8,15H,6-7H2,1-5H3,(H,16,17)(H2,13,14,18)/t8-/m0/s1. The zero-order valence-corrected chi connectivity index (χ0v) is 11.7. The molecule has 0 aliphatic heterocycles. The number of hydrogen-bond acceptors (Lipinski definition) is 3. The topological polar surface area (TPSA) is 98.7 Å². The molecule has 0 aromatic heterocycles. The number of nitrogens with one attached hydrogen (secondary N) is 2. The maximum Gasteiger partial charge on any atom is 0.334 e. The second-order valence-corrected chi connectivity index (χ2v) is 6.31. The zero-order valence-electron chi connectivity index (χ0n) is 11.7. The van der Waals surface area contributed by atoms with Crippen LogP contribution in [0, 0.1) is 5.41 Å². The smallest absolute Gasteiger partial charge is 0.334 e. The fourth-order valence-electron chi connectivity index (χ4n) is 2.00. The van der Waals surface area contributed by atoms with Gasteiger partial charge in [-0.1, -0.05) is 20.8 Å². The van der Waals surface area contributed by atoms with Crippen molar-refractivity contribution < 1.29 is 19.8 Å². The fraction of sp³-hybridized carbons (Fsp3) is 0.833. The van der Waals surface area contributed by atoms with Crippen LogP contribution in [-0.2, 0) is 4.79 Å². The summed E-state index contributed by atoms with van der Waals surface area (Å²) >= 11 is 0. The third kappa shape index (κ3) is 7.89. The molecular formula is C12H24N2O4. The van der Waals surface area contributed by atoms with Crippen molar-refractivity contribution in [2.24, 2.45) is 5.41 Å². The van der Waals surface area contributed by atoms with Crippen LogP contribution in [0.3, 0.4) is 0 Å². The van der Waals surface area contributed by atoms with Crippen LogP contribution in [0.15, 0.2) is 0 Å². The number of aliphatic hydroxyl groups is 1. The minimum absolute atomic E-state index is 0.0668. The van der Waals surface area contributed by atoms with Crippen molar-refractivity contribution in [1.29, 1.82) is 0 Å². The molecule has 4 N–H and O–H groups in total. The van der Waals surface area contributed by atoms with Gasteiger partial charge in [0.25, 0.3) is 0 Å². The van der Waals surface area contributed by atoms with Gasteiger partial charge in [-0.05, 0) is 25.7 Å². The number of aliphatic carboxylic acids is 1. The Morgan fingerprint density at radius 1 is 1.17 bits per heavy atom. The van der Waals surface area contributed by atoms with E-state index in [1.54, 1.807) is 0 Å². The molecule has 0 aliphatic carbocycles. The van der Waals surface area contributed by atoms with Crippen LogP contribution < -0.4 is 10.6 Å². The number of carboxylic acids is 1. The third-order valence-corrected chi connectivity index (χ3v) is 2.17. The summed E-state index contributed by atoms with van der Waals surface area (Å²) in [5.74, 6) is -1.36. The largest absolute Gasteiger partial charge is 0.479 e. The van der Waals surface area contributed by atoms with Gasteiger partial charge in [-0.25, -0.2) is 9.59 Å². The van der Waals surface area contributed by atoms with Crippen molar-refractivity contribution in [3.63, 3.8) is 0 Å². The molecule has 0 radical (unpaired) electrons. The summed E-state index contributed by atoms with van der Waals surface area (Å²) in [5.41, 5.74) is -0.339. The molecule has 0 heterocycles. The quantitative estimate of drug-likeness (QED) is 0.591. The lowest BCUT2D eigenvalue weighted by Crippen LogP contribution is -2.51. The average Bonchev–Trinajstić information content (AvgIpc) is 2.08. The van der Waals surface area contributed by atoms with Gasteiger partial charge in [0.2, 0.25) is 0 Å². The number of carbonyl (C=O) groups excluding carboxylic acids is 1. The molecule has 0 bridgehead atoms. The molecule has 0 rings (SSSR count). The highest BCUT2D eigenvalue weighted by molar-refractivity contribution is 5.77. The maximum atomic E-state index is 11.5. The number of urea groups is 1. The van der Waals surface area contributed by atoms with E-state index in [1.165, 1.54) is 0 Å². The summed E-state index contributed by atoms with van der Waals surface area (Å²) < 4.78 is 0. The van der Waals surface area contributed by atoms with E-state index in [2.05, 4.69) is 31.4 Å². The Morgan fingerprint density at radius 3 is 2.06 bits per heavy atom. The van der Waals surface area contributed by atoms with Crippen molar-refractivity contribution in [2.75, 3.05) is 6.54 Å². The lowest BCUT2D eigenvalue weighted by Gasteiger charge is -2.33. The van der Waals surface area contributed by atoms with Crippen LogP contribution in [0.4, 0.5) is 4.79 Å². The van der Waals surface area contributed by atoms with Gasteiger partial charge in [-0.15, -0.1) is 0 Å². The second kappa shape index (κ2) is 6.04. The molecule has 2 amide bonds. The summed E-state index contributed by atoms with van der Waals surface area (Å²) in [7, 11) is 0. The molecule has 0 fully saturated rings. The van der Waals surface area contributed by atoms with E-state index in [4.69, 9.17) is 10.2 Å². The SMILES string of the molecule is CC(C)(C)CC(C)(C)NC(=O)NC[C@H](O)C(=O)O.